The van der Waals surface area contributed by atoms with Crippen LogP contribution in [-0.4, -0.2) is 45.0 Å². The molecule has 0 spiro atoms. The third kappa shape index (κ3) is 3.07. The van der Waals surface area contributed by atoms with Gasteiger partial charge in [0, 0.05) is 6.42 Å². The quantitative estimate of drug-likeness (QED) is 0.635. The smallest absolute Gasteiger partial charge is 0.326 e. The van der Waals surface area contributed by atoms with Gasteiger partial charge in [0.25, 0.3) is 11.5 Å². The molecule has 0 saturated carbocycles. The van der Waals surface area contributed by atoms with E-state index in [0.29, 0.717) is 41.2 Å². The fraction of sp³-hybridized carbons (Fsp3) is 0.286. The van der Waals surface area contributed by atoms with E-state index < -0.39 is 23.0 Å². The van der Waals surface area contributed by atoms with Crippen LogP contribution in [0.25, 0.3) is 10.9 Å². The number of aromatic nitrogens is 3. The van der Waals surface area contributed by atoms with E-state index in [1.807, 2.05) is 0 Å². The molecule has 1 N–H and O–H groups in total. The van der Waals surface area contributed by atoms with Crippen molar-refractivity contribution in [3.8, 4) is 11.5 Å². The predicted octanol–water partition coefficient (Wildman–Crippen LogP) is 1.38. The van der Waals surface area contributed by atoms with Crippen LogP contribution < -0.4 is 20.3 Å². The summed E-state index contributed by atoms with van der Waals surface area (Å²) < 4.78 is 12.3. The Morgan fingerprint density at radius 3 is 2.68 bits per heavy atom. The lowest BCUT2D eigenvalue weighted by Gasteiger charge is -2.23. The zero-order valence-electron chi connectivity index (χ0n) is 16.7. The molecule has 2 aromatic carbocycles. The van der Waals surface area contributed by atoms with Crippen LogP contribution in [0, 0.1) is 0 Å². The summed E-state index contributed by atoms with van der Waals surface area (Å²) in [6, 6.07) is 11.3. The van der Waals surface area contributed by atoms with Crippen LogP contribution in [0.5, 0.6) is 11.5 Å². The van der Waals surface area contributed by atoms with E-state index in [9.17, 15) is 14.4 Å². The molecule has 3 amide bonds. The minimum absolute atomic E-state index is 0.346. The summed E-state index contributed by atoms with van der Waals surface area (Å²) in [5.74, 6) is 0.610. The minimum atomic E-state index is -1.32. The molecule has 2 aliphatic rings. The first-order valence-electron chi connectivity index (χ1n) is 9.84. The first kappa shape index (κ1) is 19.0. The highest BCUT2D eigenvalue weighted by Gasteiger charge is 2.49. The lowest BCUT2D eigenvalue weighted by atomic mass is 9.91. The van der Waals surface area contributed by atoms with Crippen molar-refractivity contribution in [3.05, 3.63) is 58.4 Å². The summed E-state index contributed by atoms with van der Waals surface area (Å²) in [5, 5.41) is 10.9. The molecule has 10 heteroatoms. The minimum Gasteiger partial charge on any atom is -0.490 e. The molecule has 1 fully saturated rings. The van der Waals surface area contributed by atoms with Crippen molar-refractivity contribution in [2.24, 2.45) is 0 Å². The molecule has 5 rings (SSSR count). The monoisotopic (exact) mass is 421 g/mol. The number of nitrogens with one attached hydrogen (secondary N) is 1. The maximum absolute atomic E-state index is 13.3. The highest BCUT2D eigenvalue weighted by molar-refractivity contribution is 6.07. The van der Waals surface area contributed by atoms with Gasteiger partial charge in [-0.3, -0.25) is 9.59 Å². The molecule has 31 heavy (non-hydrogen) atoms. The van der Waals surface area contributed by atoms with E-state index >= 15 is 0 Å². The Kier molecular flexibility index (Phi) is 4.35. The summed E-state index contributed by atoms with van der Waals surface area (Å²) in [5.41, 5.74) is -0.765. The standard InChI is InChI=1S/C21H19N5O5/c1-21(13-7-8-16-17(11-13)31-10-4-9-30-16)19(28)25(20(29)22-21)12-26-18(27)14-5-2-3-6-15(14)23-24-26/h2-3,5-8,11H,4,9-10,12H2,1H3,(H,22,29)/t21-/m1/s1. The van der Waals surface area contributed by atoms with Crippen LogP contribution in [0.1, 0.15) is 18.9 Å². The fourth-order valence-electron chi connectivity index (χ4n) is 3.75. The zero-order valence-corrected chi connectivity index (χ0v) is 16.7. The number of carbonyl (C=O) groups is 2. The van der Waals surface area contributed by atoms with Gasteiger partial charge in [-0.1, -0.05) is 23.4 Å². The van der Waals surface area contributed by atoms with Crippen LogP contribution in [0.2, 0.25) is 0 Å². The number of urea groups is 1. The Bertz CT molecular complexity index is 1270. The third-order valence-corrected chi connectivity index (χ3v) is 5.50. The molecule has 0 radical (unpaired) electrons. The molecule has 1 atom stereocenters. The first-order chi connectivity index (χ1) is 15.0. The molecule has 0 aliphatic carbocycles. The van der Waals surface area contributed by atoms with Crippen molar-refractivity contribution in [2.45, 2.75) is 25.6 Å². The van der Waals surface area contributed by atoms with Gasteiger partial charge >= 0.3 is 6.03 Å². The van der Waals surface area contributed by atoms with E-state index in [2.05, 4.69) is 15.6 Å². The van der Waals surface area contributed by atoms with Crippen LogP contribution in [0.15, 0.2) is 47.3 Å². The molecular formula is C21H19N5O5. The van der Waals surface area contributed by atoms with Gasteiger partial charge in [0.15, 0.2) is 11.5 Å². The molecule has 2 aliphatic heterocycles. The van der Waals surface area contributed by atoms with E-state index in [1.54, 1.807) is 49.4 Å². The Morgan fingerprint density at radius 1 is 1.06 bits per heavy atom. The van der Waals surface area contributed by atoms with Crippen molar-refractivity contribution in [3.63, 3.8) is 0 Å². The molecule has 3 aromatic rings. The Labute approximate surface area is 176 Å². The summed E-state index contributed by atoms with van der Waals surface area (Å²) in [4.78, 5) is 39.6. The zero-order chi connectivity index (χ0) is 21.6. The fourth-order valence-corrected chi connectivity index (χ4v) is 3.75. The normalized spacial score (nSPS) is 20.6. The maximum atomic E-state index is 13.3. The van der Waals surface area contributed by atoms with Crippen LogP contribution in [0.4, 0.5) is 4.79 Å². The lowest BCUT2D eigenvalue weighted by molar-refractivity contribution is -0.132. The van der Waals surface area contributed by atoms with Crippen LogP contribution in [-0.2, 0) is 17.0 Å². The molecule has 158 valence electrons. The molecule has 0 unspecified atom stereocenters. The number of benzene rings is 2. The number of hydrogen-bond donors (Lipinski definition) is 1. The predicted molar refractivity (Wildman–Crippen MR) is 109 cm³/mol. The number of ether oxygens (including phenoxy) is 2. The summed E-state index contributed by atoms with van der Waals surface area (Å²) in [6.07, 6.45) is 0.756. The number of amides is 3. The SMILES string of the molecule is C[C@]1(c2ccc3c(c2)OCCCO3)NC(=O)N(Cn2nnc3ccccc3c2=O)C1=O. The first-order valence-corrected chi connectivity index (χ1v) is 9.84. The molecule has 3 heterocycles. The maximum Gasteiger partial charge on any atom is 0.326 e. The van der Waals surface area contributed by atoms with Gasteiger partial charge < -0.3 is 14.8 Å². The van der Waals surface area contributed by atoms with E-state index in [-0.39, 0.29) is 6.67 Å². The second-order valence-electron chi connectivity index (χ2n) is 7.55. The van der Waals surface area contributed by atoms with E-state index in [0.717, 1.165) is 16.0 Å². The summed E-state index contributed by atoms with van der Waals surface area (Å²) in [7, 11) is 0. The van der Waals surface area contributed by atoms with Gasteiger partial charge in [-0.2, -0.15) is 4.68 Å². The van der Waals surface area contributed by atoms with Crippen molar-refractivity contribution >= 4 is 22.8 Å². The van der Waals surface area contributed by atoms with Gasteiger partial charge in [-0.25, -0.2) is 9.69 Å². The molecule has 1 aromatic heterocycles. The van der Waals surface area contributed by atoms with Gasteiger partial charge in [0.2, 0.25) is 0 Å². The topological polar surface area (TPSA) is 116 Å². The third-order valence-electron chi connectivity index (χ3n) is 5.50. The second-order valence-corrected chi connectivity index (χ2v) is 7.55. The summed E-state index contributed by atoms with van der Waals surface area (Å²) in [6.45, 7) is 2.32. The highest BCUT2D eigenvalue weighted by atomic mass is 16.5. The van der Waals surface area contributed by atoms with Gasteiger partial charge in [0.05, 0.1) is 18.6 Å². The molecule has 10 nitrogen and oxygen atoms in total. The Morgan fingerprint density at radius 2 is 1.84 bits per heavy atom. The Balaban J connectivity index is 1.46. The van der Waals surface area contributed by atoms with Crippen molar-refractivity contribution in [1.29, 1.82) is 0 Å². The van der Waals surface area contributed by atoms with Gasteiger partial charge in [-0.05, 0) is 36.8 Å². The molecule has 1 saturated heterocycles. The number of nitrogens with zero attached hydrogens (tertiary/aromatic N) is 4. The number of imide groups is 1. The second kappa shape index (κ2) is 7.08. The average molecular weight is 421 g/mol. The van der Waals surface area contributed by atoms with Gasteiger partial charge in [-0.15, -0.1) is 5.10 Å². The van der Waals surface area contributed by atoms with Crippen molar-refractivity contribution in [1.82, 2.24) is 25.2 Å². The number of fused-ring (bicyclic) bond motifs is 2. The van der Waals surface area contributed by atoms with E-state index in [4.69, 9.17) is 9.47 Å². The van der Waals surface area contributed by atoms with Crippen molar-refractivity contribution in [2.75, 3.05) is 13.2 Å². The molecular weight excluding hydrogens is 402 g/mol. The summed E-state index contributed by atoms with van der Waals surface area (Å²) >= 11 is 0. The number of carbonyl (C=O) groups excluding carboxylic acids is 2. The van der Waals surface area contributed by atoms with Gasteiger partial charge in [0.1, 0.15) is 17.7 Å². The average Bonchev–Trinajstić information content (AvgIpc) is 2.94. The number of hydrogen-bond acceptors (Lipinski definition) is 7. The van der Waals surface area contributed by atoms with Crippen LogP contribution >= 0.6 is 0 Å². The van der Waals surface area contributed by atoms with Crippen LogP contribution in [0.3, 0.4) is 0 Å². The molecule has 0 bridgehead atoms. The highest BCUT2D eigenvalue weighted by Crippen LogP contribution is 2.36. The Hall–Kier alpha value is -3.95. The largest absolute Gasteiger partial charge is 0.490 e. The number of rotatable bonds is 3. The van der Waals surface area contributed by atoms with Crippen molar-refractivity contribution < 1.29 is 19.1 Å². The van der Waals surface area contributed by atoms with E-state index in [1.165, 1.54) is 0 Å². The lowest BCUT2D eigenvalue weighted by Crippen LogP contribution is -2.42.